The van der Waals surface area contributed by atoms with Gasteiger partial charge in [0.15, 0.2) is 0 Å². The molecule has 1 N–H and O–H groups in total. The van der Waals surface area contributed by atoms with Gasteiger partial charge in [-0.05, 0) is 49.6 Å². The van der Waals surface area contributed by atoms with Gasteiger partial charge in [0.2, 0.25) is 0 Å². The minimum absolute atomic E-state index is 0.0533. The summed E-state index contributed by atoms with van der Waals surface area (Å²) < 4.78 is 1.99. The second-order valence-corrected chi connectivity index (χ2v) is 6.41. The predicted octanol–water partition coefficient (Wildman–Crippen LogP) is 3.24. The molecule has 1 aromatic carbocycles. The van der Waals surface area contributed by atoms with Gasteiger partial charge in [-0.25, -0.2) is 0 Å². The molecule has 0 aliphatic carbocycles. The molecule has 3 rings (SSSR count). The maximum absolute atomic E-state index is 12.7. The van der Waals surface area contributed by atoms with Gasteiger partial charge in [-0.3, -0.25) is 4.79 Å². The number of benzene rings is 1. The Labute approximate surface area is 137 Å². The summed E-state index contributed by atoms with van der Waals surface area (Å²) in [6.45, 7) is 3.34. The van der Waals surface area contributed by atoms with Crippen LogP contribution in [0.5, 0.6) is 0 Å². The van der Waals surface area contributed by atoms with E-state index in [1.807, 2.05) is 58.3 Å². The van der Waals surface area contributed by atoms with E-state index < -0.39 is 5.60 Å². The summed E-state index contributed by atoms with van der Waals surface area (Å²) in [5.74, 6) is 0.0533. The highest BCUT2D eigenvalue weighted by molar-refractivity contribution is 5.94. The Hall–Kier alpha value is -2.07. The summed E-state index contributed by atoms with van der Waals surface area (Å²) >= 11 is 0. The summed E-state index contributed by atoms with van der Waals surface area (Å²) in [6.07, 6.45) is 7.07. The highest BCUT2D eigenvalue weighted by Crippen LogP contribution is 2.27. The molecule has 1 aromatic heterocycles. The zero-order chi connectivity index (χ0) is 16.3. The summed E-state index contributed by atoms with van der Waals surface area (Å²) in [5.41, 5.74) is 1.11. The van der Waals surface area contributed by atoms with Crippen LogP contribution in [-0.4, -0.2) is 39.2 Å². The number of carbonyl (C=O) groups excluding carboxylic acids is 1. The van der Waals surface area contributed by atoms with Gasteiger partial charge in [0.1, 0.15) is 0 Å². The largest absolute Gasteiger partial charge is 0.390 e. The molecule has 23 heavy (non-hydrogen) atoms. The van der Waals surface area contributed by atoms with Gasteiger partial charge >= 0.3 is 0 Å². The van der Waals surface area contributed by atoms with Crippen molar-refractivity contribution < 1.29 is 9.90 Å². The molecule has 4 heteroatoms. The van der Waals surface area contributed by atoms with Crippen LogP contribution in [0.3, 0.4) is 0 Å². The first-order valence-corrected chi connectivity index (χ1v) is 8.36. The van der Waals surface area contributed by atoms with E-state index in [0.717, 1.165) is 18.5 Å². The molecule has 122 valence electrons. The van der Waals surface area contributed by atoms with Crippen molar-refractivity contribution in [2.75, 3.05) is 13.1 Å². The number of hydrogen-bond acceptors (Lipinski definition) is 2. The molecule has 1 amide bonds. The minimum atomic E-state index is -0.585. The Balaban J connectivity index is 1.71. The van der Waals surface area contributed by atoms with Crippen molar-refractivity contribution in [3.8, 4) is 5.69 Å². The molecule has 0 atom stereocenters. The fourth-order valence-electron chi connectivity index (χ4n) is 3.33. The Morgan fingerprint density at radius 2 is 1.87 bits per heavy atom. The van der Waals surface area contributed by atoms with Crippen LogP contribution in [0, 0.1) is 0 Å². The summed E-state index contributed by atoms with van der Waals surface area (Å²) in [4.78, 5) is 14.6. The zero-order valence-corrected chi connectivity index (χ0v) is 13.6. The quantitative estimate of drug-likeness (QED) is 0.942. The number of carbonyl (C=O) groups is 1. The van der Waals surface area contributed by atoms with Crippen molar-refractivity contribution in [3.63, 3.8) is 0 Å². The molecule has 1 fully saturated rings. The smallest absolute Gasteiger partial charge is 0.253 e. The van der Waals surface area contributed by atoms with Gasteiger partial charge in [-0.1, -0.05) is 19.4 Å². The lowest BCUT2D eigenvalue weighted by molar-refractivity contribution is -0.0233. The molecule has 1 saturated heterocycles. The predicted molar refractivity (Wildman–Crippen MR) is 90.8 cm³/mol. The Kier molecular flexibility index (Phi) is 4.53. The number of amides is 1. The van der Waals surface area contributed by atoms with Crippen LogP contribution in [0.1, 0.15) is 43.0 Å². The molecule has 1 aliphatic rings. The Morgan fingerprint density at radius 1 is 1.17 bits per heavy atom. The number of piperidine rings is 1. The molecule has 1 aliphatic heterocycles. The molecule has 2 aromatic rings. The van der Waals surface area contributed by atoms with Crippen LogP contribution in [-0.2, 0) is 0 Å². The molecule has 0 saturated carbocycles. The van der Waals surface area contributed by atoms with E-state index in [0.29, 0.717) is 31.5 Å². The van der Waals surface area contributed by atoms with E-state index in [2.05, 4.69) is 6.92 Å². The van der Waals surface area contributed by atoms with E-state index in [9.17, 15) is 9.90 Å². The standard InChI is InChI=1S/C19H24N2O2/c1-2-8-19(23)9-13-21(14-10-19)18(22)16-6-5-7-17(15-16)20-11-3-4-12-20/h3-7,11-12,15,23H,2,8-10,13-14H2,1H3. The number of hydrogen-bond donors (Lipinski definition) is 1. The van der Waals surface area contributed by atoms with Gasteiger partial charge in [-0.15, -0.1) is 0 Å². The molecule has 0 unspecified atom stereocenters. The van der Waals surface area contributed by atoms with E-state index in [4.69, 9.17) is 0 Å². The van der Waals surface area contributed by atoms with E-state index in [1.54, 1.807) is 0 Å². The van der Waals surface area contributed by atoms with Crippen LogP contribution in [0.25, 0.3) is 5.69 Å². The van der Waals surface area contributed by atoms with Gasteiger partial charge in [0, 0.05) is 36.7 Å². The monoisotopic (exact) mass is 312 g/mol. The first kappa shape index (κ1) is 15.8. The molecule has 2 heterocycles. The van der Waals surface area contributed by atoms with E-state index in [-0.39, 0.29) is 5.91 Å². The first-order chi connectivity index (χ1) is 11.1. The fourth-order valence-corrected chi connectivity index (χ4v) is 3.33. The lowest BCUT2D eigenvalue weighted by Crippen LogP contribution is -2.46. The number of rotatable bonds is 4. The highest BCUT2D eigenvalue weighted by atomic mass is 16.3. The second kappa shape index (κ2) is 6.59. The molecule has 0 radical (unpaired) electrons. The van der Waals surface area contributed by atoms with E-state index >= 15 is 0 Å². The van der Waals surface area contributed by atoms with Gasteiger partial charge in [-0.2, -0.15) is 0 Å². The molecule has 4 nitrogen and oxygen atoms in total. The average Bonchev–Trinajstić information content (AvgIpc) is 3.10. The van der Waals surface area contributed by atoms with Crippen molar-refractivity contribution >= 4 is 5.91 Å². The van der Waals surface area contributed by atoms with Crippen LogP contribution >= 0.6 is 0 Å². The van der Waals surface area contributed by atoms with Gasteiger partial charge in [0.25, 0.3) is 5.91 Å². The Morgan fingerprint density at radius 3 is 2.52 bits per heavy atom. The summed E-state index contributed by atoms with van der Waals surface area (Å²) in [7, 11) is 0. The normalized spacial score (nSPS) is 17.2. The summed E-state index contributed by atoms with van der Waals surface area (Å²) in [5, 5.41) is 10.5. The lowest BCUT2D eigenvalue weighted by atomic mass is 9.87. The molecular formula is C19H24N2O2. The van der Waals surface area contributed by atoms with Gasteiger partial charge in [0.05, 0.1) is 5.60 Å². The minimum Gasteiger partial charge on any atom is -0.390 e. The van der Waals surface area contributed by atoms with Gasteiger partial charge < -0.3 is 14.6 Å². The third-order valence-electron chi connectivity index (χ3n) is 4.69. The second-order valence-electron chi connectivity index (χ2n) is 6.41. The molecular weight excluding hydrogens is 288 g/mol. The summed E-state index contributed by atoms with van der Waals surface area (Å²) in [6, 6.07) is 11.6. The third-order valence-corrected chi connectivity index (χ3v) is 4.69. The van der Waals surface area contributed by atoms with Crippen molar-refractivity contribution in [1.82, 2.24) is 9.47 Å². The van der Waals surface area contributed by atoms with Crippen molar-refractivity contribution in [1.29, 1.82) is 0 Å². The number of nitrogens with zero attached hydrogens (tertiary/aromatic N) is 2. The van der Waals surface area contributed by atoms with Crippen LogP contribution in [0.15, 0.2) is 48.8 Å². The SMILES string of the molecule is CCCC1(O)CCN(C(=O)c2cccc(-n3cccc3)c2)CC1. The number of likely N-dealkylation sites (tertiary alicyclic amines) is 1. The van der Waals surface area contributed by atoms with Crippen molar-refractivity contribution in [2.24, 2.45) is 0 Å². The maximum atomic E-state index is 12.7. The van der Waals surface area contributed by atoms with Crippen LogP contribution in [0.4, 0.5) is 0 Å². The maximum Gasteiger partial charge on any atom is 0.253 e. The zero-order valence-electron chi connectivity index (χ0n) is 13.6. The topological polar surface area (TPSA) is 45.5 Å². The molecule has 0 bridgehead atoms. The molecule has 0 spiro atoms. The number of aliphatic hydroxyl groups is 1. The van der Waals surface area contributed by atoms with Crippen LogP contribution in [0.2, 0.25) is 0 Å². The fraction of sp³-hybridized carbons (Fsp3) is 0.421. The Bertz CT molecular complexity index is 656. The van der Waals surface area contributed by atoms with E-state index in [1.165, 1.54) is 0 Å². The van der Waals surface area contributed by atoms with Crippen molar-refractivity contribution in [2.45, 2.75) is 38.2 Å². The number of aromatic nitrogens is 1. The highest BCUT2D eigenvalue weighted by Gasteiger charge is 2.33. The van der Waals surface area contributed by atoms with Crippen molar-refractivity contribution in [3.05, 3.63) is 54.4 Å². The lowest BCUT2D eigenvalue weighted by Gasteiger charge is -2.38. The first-order valence-electron chi connectivity index (χ1n) is 8.36. The van der Waals surface area contributed by atoms with Crippen LogP contribution < -0.4 is 0 Å². The average molecular weight is 312 g/mol. The third kappa shape index (κ3) is 3.48.